The van der Waals surface area contributed by atoms with E-state index in [0.717, 1.165) is 30.6 Å². The van der Waals surface area contributed by atoms with E-state index in [1.165, 1.54) is 0 Å². The van der Waals surface area contributed by atoms with Crippen molar-refractivity contribution in [2.45, 2.75) is 43.9 Å². The Morgan fingerprint density at radius 3 is 2.57 bits per heavy atom. The standard InChI is InChI=1S/C16H24N2O2S/c1-12-6-8-18(9-7-12)21(19,20)13-4-5-15-14(10-13)16(2,3)11-17-15/h4-5,10,12,17H,6-9,11H2,1-3H3. The lowest BCUT2D eigenvalue weighted by molar-refractivity contribution is 0.288. The van der Waals surface area contributed by atoms with Gasteiger partial charge in [-0.05, 0) is 42.5 Å². The lowest BCUT2D eigenvalue weighted by Gasteiger charge is -2.29. The van der Waals surface area contributed by atoms with Crippen molar-refractivity contribution in [3.05, 3.63) is 23.8 Å². The van der Waals surface area contributed by atoms with Gasteiger partial charge >= 0.3 is 0 Å². The van der Waals surface area contributed by atoms with Crippen LogP contribution in [-0.2, 0) is 15.4 Å². The average Bonchev–Trinajstić information content (AvgIpc) is 2.75. The van der Waals surface area contributed by atoms with Crippen LogP contribution in [0, 0.1) is 5.92 Å². The van der Waals surface area contributed by atoms with Gasteiger partial charge in [-0.3, -0.25) is 0 Å². The molecule has 2 heterocycles. The molecule has 0 spiro atoms. The van der Waals surface area contributed by atoms with E-state index in [2.05, 4.69) is 26.1 Å². The minimum Gasteiger partial charge on any atom is -0.384 e. The van der Waals surface area contributed by atoms with Crippen molar-refractivity contribution in [3.8, 4) is 0 Å². The van der Waals surface area contributed by atoms with Crippen molar-refractivity contribution in [1.29, 1.82) is 0 Å². The summed E-state index contributed by atoms with van der Waals surface area (Å²) in [7, 11) is -3.35. The molecule has 3 rings (SSSR count). The van der Waals surface area contributed by atoms with Gasteiger partial charge in [-0.1, -0.05) is 20.8 Å². The van der Waals surface area contributed by atoms with Crippen LogP contribution in [0.1, 0.15) is 39.2 Å². The van der Waals surface area contributed by atoms with Crippen molar-refractivity contribution in [2.24, 2.45) is 5.92 Å². The molecule has 0 aromatic heterocycles. The highest BCUT2D eigenvalue weighted by Gasteiger charge is 2.33. The summed E-state index contributed by atoms with van der Waals surface area (Å²) < 4.78 is 27.3. The molecule has 21 heavy (non-hydrogen) atoms. The van der Waals surface area contributed by atoms with Crippen molar-refractivity contribution in [1.82, 2.24) is 4.31 Å². The van der Waals surface area contributed by atoms with Crippen molar-refractivity contribution < 1.29 is 8.42 Å². The highest BCUT2D eigenvalue weighted by atomic mass is 32.2. The fourth-order valence-corrected chi connectivity index (χ4v) is 4.68. The van der Waals surface area contributed by atoms with Crippen LogP contribution in [0.25, 0.3) is 0 Å². The van der Waals surface area contributed by atoms with Crippen LogP contribution in [0.5, 0.6) is 0 Å². The van der Waals surface area contributed by atoms with Crippen LogP contribution in [0.3, 0.4) is 0 Å². The smallest absolute Gasteiger partial charge is 0.243 e. The first-order valence-corrected chi connectivity index (χ1v) is 9.13. The summed E-state index contributed by atoms with van der Waals surface area (Å²) in [4.78, 5) is 0.438. The SMILES string of the molecule is CC1CCN(S(=O)(=O)c2ccc3c(c2)C(C)(C)CN3)CC1. The molecule has 1 N–H and O–H groups in total. The van der Waals surface area contributed by atoms with Gasteiger partial charge in [0.2, 0.25) is 10.0 Å². The molecular formula is C16H24N2O2S. The molecule has 2 aliphatic rings. The number of sulfonamides is 1. The maximum Gasteiger partial charge on any atom is 0.243 e. The van der Waals surface area contributed by atoms with Crippen LogP contribution < -0.4 is 5.32 Å². The van der Waals surface area contributed by atoms with Crippen LogP contribution >= 0.6 is 0 Å². The van der Waals surface area contributed by atoms with Crippen molar-refractivity contribution in [3.63, 3.8) is 0 Å². The van der Waals surface area contributed by atoms with Gasteiger partial charge in [-0.25, -0.2) is 8.42 Å². The maximum atomic E-state index is 12.8. The van der Waals surface area contributed by atoms with E-state index in [-0.39, 0.29) is 5.41 Å². The number of nitrogens with zero attached hydrogens (tertiary/aromatic N) is 1. The molecule has 0 atom stereocenters. The summed E-state index contributed by atoms with van der Waals surface area (Å²) in [6.45, 7) is 8.61. The lowest BCUT2D eigenvalue weighted by atomic mass is 9.87. The number of nitrogens with one attached hydrogen (secondary N) is 1. The first-order valence-electron chi connectivity index (χ1n) is 7.69. The van der Waals surface area contributed by atoms with Gasteiger partial charge in [-0.2, -0.15) is 4.31 Å². The molecular weight excluding hydrogens is 284 g/mol. The zero-order valence-corrected chi connectivity index (χ0v) is 13.8. The van der Waals surface area contributed by atoms with Crippen LogP contribution in [-0.4, -0.2) is 32.4 Å². The molecule has 5 heteroatoms. The minimum absolute atomic E-state index is 0.0166. The normalized spacial score (nSPS) is 22.8. The molecule has 4 nitrogen and oxygen atoms in total. The second kappa shape index (κ2) is 4.99. The zero-order valence-electron chi connectivity index (χ0n) is 13.0. The highest BCUT2D eigenvalue weighted by Crippen LogP contribution is 2.38. The van der Waals surface area contributed by atoms with E-state index in [4.69, 9.17) is 0 Å². The van der Waals surface area contributed by atoms with E-state index in [1.807, 2.05) is 12.1 Å². The molecule has 0 bridgehead atoms. The summed E-state index contributed by atoms with van der Waals surface area (Å²) in [5.41, 5.74) is 2.15. The number of piperidine rings is 1. The second-order valence-corrected chi connectivity index (χ2v) is 8.97. The zero-order chi connectivity index (χ0) is 15.3. The third-order valence-corrected chi connectivity index (χ3v) is 6.72. The Morgan fingerprint density at radius 1 is 1.24 bits per heavy atom. The summed E-state index contributed by atoms with van der Waals surface area (Å²) in [6.07, 6.45) is 1.91. The van der Waals surface area contributed by atoms with E-state index >= 15 is 0 Å². The predicted molar refractivity (Wildman–Crippen MR) is 85.1 cm³/mol. The van der Waals surface area contributed by atoms with E-state index in [9.17, 15) is 8.42 Å². The third-order valence-electron chi connectivity index (χ3n) is 4.82. The second-order valence-electron chi connectivity index (χ2n) is 7.03. The summed E-state index contributed by atoms with van der Waals surface area (Å²) >= 11 is 0. The number of hydrogen-bond donors (Lipinski definition) is 1. The number of rotatable bonds is 2. The van der Waals surface area contributed by atoms with Gasteiger partial charge in [0.05, 0.1) is 4.90 Å². The number of anilines is 1. The number of hydrogen-bond acceptors (Lipinski definition) is 3. The molecule has 2 aliphatic heterocycles. The van der Waals surface area contributed by atoms with Gasteiger partial charge in [0.15, 0.2) is 0 Å². The van der Waals surface area contributed by atoms with Gasteiger partial charge < -0.3 is 5.32 Å². The third kappa shape index (κ3) is 2.57. The molecule has 0 aliphatic carbocycles. The average molecular weight is 308 g/mol. The molecule has 116 valence electrons. The largest absolute Gasteiger partial charge is 0.384 e. The first kappa shape index (κ1) is 14.9. The molecule has 1 saturated heterocycles. The van der Waals surface area contributed by atoms with E-state index < -0.39 is 10.0 Å². The van der Waals surface area contributed by atoms with E-state index in [0.29, 0.717) is 23.9 Å². The van der Waals surface area contributed by atoms with Crippen molar-refractivity contribution >= 4 is 15.7 Å². The topological polar surface area (TPSA) is 49.4 Å². The fourth-order valence-electron chi connectivity index (χ4n) is 3.18. The highest BCUT2D eigenvalue weighted by molar-refractivity contribution is 7.89. The van der Waals surface area contributed by atoms with Crippen molar-refractivity contribution in [2.75, 3.05) is 25.0 Å². The summed E-state index contributed by atoms with van der Waals surface area (Å²) in [5.74, 6) is 0.625. The molecule has 1 aromatic carbocycles. The molecule has 0 unspecified atom stereocenters. The van der Waals surface area contributed by atoms with Crippen LogP contribution in [0.15, 0.2) is 23.1 Å². The predicted octanol–water partition coefficient (Wildman–Crippen LogP) is 2.81. The Labute approximate surface area is 127 Å². The summed E-state index contributed by atoms with van der Waals surface area (Å²) in [6, 6.07) is 5.51. The van der Waals surface area contributed by atoms with Gasteiger partial charge in [-0.15, -0.1) is 0 Å². The first-order chi connectivity index (χ1) is 9.80. The molecule has 1 aromatic rings. The Kier molecular flexibility index (Phi) is 3.53. The summed E-state index contributed by atoms with van der Waals surface area (Å²) in [5, 5.41) is 3.35. The quantitative estimate of drug-likeness (QED) is 0.914. The molecule has 0 amide bonds. The Morgan fingerprint density at radius 2 is 1.90 bits per heavy atom. The molecule has 1 fully saturated rings. The van der Waals surface area contributed by atoms with Crippen LogP contribution in [0.2, 0.25) is 0 Å². The molecule has 0 saturated carbocycles. The Hall–Kier alpha value is -1.07. The fraction of sp³-hybridized carbons (Fsp3) is 0.625. The lowest BCUT2D eigenvalue weighted by Crippen LogP contribution is -2.37. The van der Waals surface area contributed by atoms with Gasteiger partial charge in [0.25, 0.3) is 0 Å². The minimum atomic E-state index is -3.35. The Bertz CT molecular complexity index is 644. The van der Waals surface area contributed by atoms with E-state index in [1.54, 1.807) is 10.4 Å². The van der Waals surface area contributed by atoms with Crippen LogP contribution in [0.4, 0.5) is 5.69 Å². The molecule has 0 radical (unpaired) electrons. The maximum absolute atomic E-state index is 12.8. The number of benzene rings is 1. The Balaban J connectivity index is 1.94. The number of fused-ring (bicyclic) bond motifs is 1. The van der Waals surface area contributed by atoms with Gasteiger partial charge in [0.1, 0.15) is 0 Å². The van der Waals surface area contributed by atoms with Gasteiger partial charge in [0, 0.05) is 30.7 Å². The monoisotopic (exact) mass is 308 g/mol.